The highest BCUT2D eigenvalue weighted by atomic mass is 14.9. The summed E-state index contributed by atoms with van der Waals surface area (Å²) in [5, 5.41) is 3.37. The first kappa shape index (κ1) is 15.6. The van der Waals surface area contributed by atoms with E-state index in [-0.39, 0.29) is 0 Å². The fourth-order valence-electron chi connectivity index (χ4n) is 2.29. The molecule has 0 aliphatic carbocycles. The molecule has 2 aromatic heterocycles. The third-order valence-electron chi connectivity index (χ3n) is 3.39. The van der Waals surface area contributed by atoms with Crippen molar-refractivity contribution in [1.29, 1.82) is 0 Å². The Morgan fingerprint density at radius 1 is 1.04 bits per heavy atom. The van der Waals surface area contributed by atoms with Gasteiger partial charge in [-0.15, -0.1) is 0 Å². The molecule has 3 aromatic rings. The molecular weight excluding hydrogens is 298 g/mol. The lowest BCUT2D eigenvalue weighted by molar-refractivity contribution is 1.15. The van der Waals surface area contributed by atoms with Crippen LogP contribution in [0.5, 0.6) is 0 Å². The maximum absolute atomic E-state index is 3.99. The molecule has 4 rings (SSSR count). The van der Waals surface area contributed by atoms with E-state index >= 15 is 0 Å². The summed E-state index contributed by atoms with van der Waals surface area (Å²) in [6.45, 7) is 3.63. The van der Waals surface area contributed by atoms with Crippen molar-refractivity contribution >= 4 is 16.9 Å². The minimum absolute atomic E-state index is 0.637. The van der Waals surface area contributed by atoms with Gasteiger partial charge >= 0.3 is 0 Å². The average molecular weight is 315 g/mol. The number of benzene rings is 1. The fraction of sp³-hybridized carbons (Fsp3) is 0.0526. The van der Waals surface area contributed by atoms with Gasteiger partial charge in [0, 0.05) is 30.2 Å². The lowest BCUT2D eigenvalue weighted by Gasteiger charge is -1.96. The van der Waals surface area contributed by atoms with E-state index < -0.39 is 0 Å². The van der Waals surface area contributed by atoms with Gasteiger partial charge in [-0.3, -0.25) is 0 Å². The van der Waals surface area contributed by atoms with E-state index in [9.17, 15) is 0 Å². The van der Waals surface area contributed by atoms with Crippen LogP contribution in [0, 0.1) is 0 Å². The number of aromatic nitrogens is 4. The second-order valence-corrected chi connectivity index (χ2v) is 5.06. The molecule has 1 N–H and O–H groups in total. The molecule has 1 aliphatic rings. The summed E-state index contributed by atoms with van der Waals surface area (Å²) >= 11 is 0. The standard InChI is InChI=1S/C13H13N.C6H4N4/c1-2-3-4-8-12-10-11-7-5-6-9-13(11)14-12;1-2-9-6-5(8-1)3-7-4-10-6/h2-9,14H,1,10H2;1-4H/b4-3-,12-8+;. The molecule has 0 spiro atoms. The molecule has 24 heavy (non-hydrogen) atoms. The number of fused-ring (bicyclic) bond motifs is 2. The van der Waals surface area contributed by atoms with Crippen LogP contribution >= 0.6 is 0 Å². The minimum Gasteiger partial charge on any atom is -0.358 e. The van der Waals surface area contributed by atoms with Gasteiger partial charge in [-0.1, -0.05) is 43.0 Å². The van der Waals surface area contributed by atoms with Crippen LogP contribution in [0.4, 0.5) is 5.69 Å². The summed E-state index contributed by atoms with van der Waals surface area (Å²) in [6, 6.07) is 8.38. The van der Waals surface area contributed by atoms with Gasteiger partial charge < -0.3 is 5.32 Å². The maximum Gasteiger partial charge on any atom is 0.181 e. The first-order chi connectivity index (χ1) is 11.9. The maximum atomic E-state index is 3.99. The number of nitrogens with one attached hydrogen (secondary N) is 1. The summed E-state index contributed by atoms with van der Waals surface area (Å²) in [7, 11) is 0. The quantitative estimate of drug-likeness (QED) is 0.731. The van der Waals surface area contributed by atoms with Gasteiger partial charge in [-0.2, -0.15) is 0 Å². The number of anilines is 1. The van der Waals surface area contributed by atoms with Crippen molar-refractivity contribution in [2.75, 3.05) is 5.32 Å². The molecule has 0 saturated heterocycles. The van der Waals surface area contributed by atoms with Gasteiger partial charge in [0.2, 0.25) is 0 Å². The van der Waals surface area contributed by atoms with Crippen LogP contribution in [0.2, 0.25) is 0 Å². The van der Waals surface area contributed by atoms with E-state index in [0.29, 0.717) is 5.65 Å². The molecule has 1 aliphatic heterocycles. The molecule has 0 atom stereocenters. The Labute approximate surface area is 140 Å². The van der Waals surface area contributed by atoms with Crippen molar-refractivity contribution in [3.05, 3.63) is 91.3 Å². The van der Waals surface area contributed by atoms with Crippen molar-refractivity contribution < 1.29 is 0 Å². The molecule has 0 fully saturated rings. The van der Waals surface area contributed by atoms with Crippen molar-refractivity contribution in [3.8, 4) is 0 Å². The fourth-order valence-corrected chi connectivity index (χ4v) is 2.29. The number of rotatable bonds is 2. The molecule has 5 nitrogen and oxygen atoms in total. The zero-order chi connectivity index (χ0) is 16.6. The van der Waals surface area contributed by atoms with Crippen LogP contribution in [0.3, 0.4) is 0 Å². The third kappa shape index (κ3) is 3.89. The van der Waals surface area contributed by atoms with Crippen molar-refractivity contribution in [3.63, 3.8) is 0 Å². The van der Waals surface area contributed by atoms with Crippen LogP contribution in [0.15, 0.2) is 85.8 Å². The Hall–Kier alpha value is -3.34. The van der Waals surface area contributed by atoms with E-state index in [1.807, 2.05) is 18.2 Å². The molecule has 0 unspecified atom stereocenters. The van der Waals surface area contributed by atoms with Crippen LogP contribution < -0.4 is 5.32 Å². The van der Waals surface area contributed by atoms with Gasteiger partial charge in [0.05, 0.1) is 6.20 Å². The molecule has 3 heterocycles. The number of para-hydroxylation sites is 1. The number of hydrogen-bond acceptors (Lipinski definition) is 5. The Morgan fingerprint density at radius 2 is 1.92 bits per heavy atom. The van der Waals surface area contributed by atoms with Crippen LogP contribution in [0.1, 0.15) is 5.56 Å². The van der Waals surface area contributed by atoms with Gasteiger partial charge in [0.15, 0.2) is 5.65 Å². The summed E-state index contributed by atoms with van der Waals surface area (Å²) in [5.74, 6) is 0. The van der Waals surface area contributed by atoms with Crippen LogP contribution in [0.25, 0.3) is 11.2 Å². The highest BCUT2D eigenvalue weighted by molar-refractivity contribution is 5.66. The van der Waals surface area contributed by atoms with Crippen LogP contribution in [-0.4, -0.2) is 19.9 Å². The van der Waals surface area contributed by atoms with Crippen molar-refractivity contribution in [1.82, 2.24) is 19.9 Å². The predicted octanol–water partition coefficient (Wildman–Crippen LogP) is 3.70. The second-order valence-electron chi connectivity index (χ2n) is 5.06. The Bertz CT molecular complexity index is 806. The molecule has 0 bridgehead atoms. The van der Waals surface area contributed by atoms with E-state index in [1.165, 1.54) is 23.3 Å². The lowest BCUT2D eigenvalue weighted by Crippen LogP contribution is -1.89. The molecule has 1 aromatic carbocycles. The van der Waals surface area contributed by atoms with E-state index in [4.69, 9.17) is 0 Å². The van der Waals surface area contributed by atoms with Gasteiger partial charge in [0.25, 0.3) is 0 Å². The summed E-state index contributed by atoms with van der Waals surface area (Å²) in [6.07, 6.45) is 15.1. The minimum atomic E-state index is 0.637. The summed E-state index contributed by atoms with van der Waals surface area (Å²) < 4.78 is 0. The summed E-state index contributed by atoms with van der Waals surface area (Å²) in [5.41, 5.74) is 5.20. The first-order valence-electron chi connectivity index (χ1n) is 7.57. The number of nitrogens with zero attached hydrogens (tertiary/aromatic N) is 4. The van der Waals surface area contributed by atoms with E-state index in [0.717, 1.165) is 11.9 Å². The van der Waals surface area contributed by atoms with Crippen molar-refractivity contribution in [2.45, 2.75) is 6.42 Å². The molecule has 5 heteroatoms. The van der Waals surface area contributed by atoms with Crippen LogP contribution in [-0.2, 0) is 6.42 Å². The SMILES string of the molecule is C=C/C=C\C=C1/Cc2ccccc2N1.c1cnc2ncncc2n1. The van der Waals surface area contributed by atoms with Gasteiger partial charge in [-0.05, 0) is 17.7 Å². The second kappa shape index (κ2) is 7.78. The highest BCUT2D eigenvalue weighted by Gasteiger charge is 2.11. The summed E-state index contributed by atoms with van der Waals surface area (Å²) in [4.78, 5) is 15.7. The van der Waals surface area contributed by atoms with E-state index in [1.54, 1.807) is 24.7 Å². The largest absolute Gasteiger partial charge is 0.358 e. The molecule has 0 saturated carbocycles. The first-order valence-corrected chi connectivity index (χ1v) is 7.57. The lowest BCUT2D eigenvalue weighted by atomic mass is 10.1. The Balaban J connectivity index is 0.000000149. The van der Waals surface area contributed by atoms with Gasteiger partial charge in [0.1, 0.15) is 11.8 Å². The number of hydrogen-bond donors (Lipinski definition) is 1. The smallest absolute Gasteiger partial charge is 0.181 e. The monoisotopic (exact) mass is 315 g/mol. The zero-order valence-electron chi connectivity index (χ0n) is 13.1. The molecule has 118 valence electrons. The third-order valence-corrected chi connectivity index (χ3v) is 3.39. The normalized spacial score (nSPS) is 14.1. The zero-order valence-corrected chi connectivity index (χ0v) is 13.1. The Morgan fingerprint density at radius 3 is 2.75 bits per heavy atom. The Kier molecular flexibility index (Phi) is 5.04. The topological polar surface area (TPSA) is 63.6 Å². The van der Waals surface area contributed by atoms with E-state index in [2.05, 4.69) is 56.1 Å². The number of allylic oxidation sites excluding steroid dienone is 5. The highest BCUT2D eigenvalue weighted by Crippen LogP contribution is 2.26. The molecular formula is C19H17N5. The predicted molar refractivity (Wildman–Crippen MR) is 96.3 cm³/mol. The van der Waals surface area contributed by atoms with Crippen molar-refractivity contribution in [2.24, 2.45) is 0 Å². The molecule has 0 radical (unpaired) electrons. The molecule has 0 amide bonds. The van der Waals surface area contributed by atoms with Gasteiger partial charge in [-0.25, -0.2) is 19.9 Å². The average Bonchev–Trinajstić information content (AvgIpc) is 3.05.